The molecular weight excluding hydrogens is 420 g/mol. The minimum absolute atomic E-state index is 0.0776. The highest BCUT2D eigenvalue weighted by Crippen LogP contribution is 2.22. The zero-order chi connectivity index (χ0) is 21.9. The Morgan fingerprint density at radius 1 is 0.967 bits per heavy atom. The van der Waals surface area contributed by atoms with Crippen LogP contribution in [0.1, 0.15) is 27.0 Å². The molecule has 0 spiro atoms. The lowest BCUT2D eigenvalue weighted by molar-refractivity contribution is 0.0785. The Labute approximate surface area is 182 Å². The summed E-state index contributed by atoms with van der Waals surface area (Å²) in [5, 5.41) is 0.627. The maximum Gasteiger partial charge on any atom is 0.262 e. The van der Waals surface area contributed by atoms with Crippen molar-refractivity contribution < 1.29 is 13.2 Å². The fourth-order valence-electron chi connectivity index (χ4n) is 3.01. The Morgan fingerprint density at radius 2 is 1.60 bits per heavy atom. The molecule has 0 atom stereocenters. The number of carbonyl (C=O) groups is 1. The van der Waals surface area contributed by atoms with Gasteiger partial charge < -0.3 is 4.90 Å². The predicted octanol–water partition coefficient (Wildman–Crippen LogP) is 5.03. The van der Waals surface area contributed by atoms with Crippen molar-refractivity contribution in [1.29, 1.82) is 0 Å². The lowest BCUT2D eigenvalue weighted by Gasteiger charge is -2.18. The average molecular weight is 443 g/mol. The minimum Gasteiger partial charge on any atom is -0.337 e. The molecule has 156 valence electrons. The van der Waals surface area contributed by atoms with E-state index in [2.05, 4.69) is 4.72 Å². The van der Waals surface area contributed by atoms with Gasteiger partial charge in [-0.05, 0) is 61.4 Å². The van der Waals surface area contributed by atoms with Crippen LogP contribution in [0, 0.1) is 13.8 Å². The zero-order valence-electron chi connectivity index (χ0n) is 17.0. The van der Waals surface area contributed by atoms with Gasteiger partial charge in [0.25, 0.3) is 15.9 Å². The highest BCUT2D eigenvalue weighted by molar-refractivity contribution is 7.92. The summed E-state index contributed by atoms with van der Waals surface area (Å²) in [6, 6.07) is 19.0. The summed E-state index contributed by atoms with van der Waals surface area (Å²) in [5.74, 6) is -0.267. The van der Waals surface area contributed by atoms with Crippen LogP contribution in [-0.4, -0.2) is 26.3 Å². The smallest absolute Gasteiger partial charge is 0.262 e. The van der Waals surface area contributed by atoms with Crippen LogP contribution in [0.3, 0.4) is 0 Å². The lowest BCUT2D eigenvalue weighted by atomic mass is 10.1. The third-order valence-corrected chi connectivity index (χ3v) is 6.48. The molecule has 0 heterocycles. The normalized spacial score (nSPS) is 11.2. The van der Waals surface area contributed by atoms with Gasteiger partial charge in [0.15, 0.2) is 0 Å². The van der Waals surface area contributed by atoms with Gasteiger partial charge in [-0.1, -0.05) is 47.5 Å². The van der Waals surface area contributed by atoms with Gasteiger partial charge in [0, 0.05) is 29.9 Å². The standard InChI is InChI=1S/C23H23ClN2O3S/c1-16-4-12-21(13-5-16)25-30(28,29)22-14-19(9-6-17(22)2)23(27)26(3)15-18-7-10-20(24)11-8-18/h4-14,25H,15H2,1-3H3. The fourth-order valence-corrected chi connectivity index (χ4v) is 4.47. The van der Waals surface area contributed by atoms with Crippen molar-refractivity contribution in [3.05, 3.63) is 94.0 Å². The minimum atomic E-state index is -3.84. The van der Waals surface area contributed by atoms with E-state index >= 15 is 0 Å². The van der Waals surface area contributed by atoms with E-state index < -0.39 is 10.0 Å². The number of halogens is 1. The van der Waals surface area contributed by atoms with E-state index in [-0.39, 0.29) is 10.8 Å². The van der Waals surface area contributed by atoms with Gasteiger partial charge in [-0.2, -0.15) is 0 Å². The molecule has 0 saturated heterocycles. The van der Waals surface area contributed by atoms with Crippen LogP contribution in [0.4, 0.5) is 5.69 Å². The second kappa shape index (κ2) is 8.90. The maximum atomic E-state index is 12.9. The Hall–Kier alpha value is -2.83. The highest BCUT2D eigenvalue weighted by Gasteiger charge is 2.21. The largest absolute Gasteiger partial charge is 0.337 e. The molecule has 30 heavy (non-hydrogen) atoms. The number of rotatable bonds is 6. The average Bonchev–Trinajstić information content (AvgIpc) is 2.71. The van der Waals surface area contributed by atoms with Crippen LogP contribution in [-0.2, 0) is 16.6 Å². The molecule has 0 saturated carbocycles. The SMILES string of the molecule is Cc1ccc(NS(=O)(=O)c2cc(C(=O)N(C)Cc3ccc(Cl)cc3)ccc2C)cc1. The summed E-state index contributed by atoms with van der Waals surface area (Å²) < 4.78 is 28.4. The molecule has 3 rings (SSSR count). The van der Waals surface area contributed by atoms with Gasteiger partial charge in [0.2, 0.25) is 0 Å². The number of anilines is 1. The first-order valence-electron chi connectivity index (χ1n) is 9.36. The molecule has 1 N–H and O–H groups in total. The topological polar surface area (TPSA) is 66.5 Å². The molecule has 0 aromatic heterocycles. The molecule has 0 radical (unpaired) electrons. The molecule has 0 fully saturated rings. The molecule has 5 nitrogen and oxygen atoms in total. The van der Waals surface area contributed by atoms with E-state index in [1.165, 1.54) is 11.0 Å². The second-order valence-electron chi connectivity index (χ2n) is 7.24. The second-order valence-corrected chi connectivity index (χ2v) is 9.33. The number of sulfonamides is 1. The van der Waals surface area contributed by atoms with E-state index in [0.29, 0.717) is 28.4 Å². The van der Waals surface area contributed by atoms with Crippen molar-refractivity contribution in [3.8, 4) is 0 Å². The fraction of sp³-hybridized carbons (Fsp3) is 0.174. The lowest BCUT2D eigenvalue weighted by Crippen LogP contribution is -2.26. The van der Waals surface area contributed by atoms with Crippen molar-refractivity contribution in [3.63, 3.8) is 0 Å². The third-order valence-electron chi connectivity index (χ3n) is 4.71. The summed E-state index contributed by atoms with van der Waals surface area (Å²) in [4.78, 5) is 14.5. The number of hydrogen-bond donors (Lipinski definition) is 1. The van der Waals surface area contributed by atoms with Crippen LogP contribution in [0.15, 0.2) is 71.6 Å². The summed E-state index contributed by atoms with van der Waals surface area (Å²) in [6.45, 7) is 4.01. The summed E-state index contributed by atoms with van der Waals surface area (Å²) in [6.07, 6.45) is 0. The van der Waals surface area contributed by atoms with Crippen LogP contribution in [0.5, 0.6) is 0 Å². The molecule has 3 aromatic rings. The van der Waals surface area contributed by atoms with E-state index in [4.69, 9.17) is 11.6 Å². The Kier molecular flexibility index (Phi) is 6.48. The third kappa shape index (κ3) is 5.20. The maximum absolute atomic E-state index is 12.9. The number of carbonyl (C=O) groups excluding carboxylic acids is 1. The molecule has 0 aliphatic heterocycles. The van der Waals surface area contributed by atoms with E-state index in [1.807, 2.05) is 31.2 Å². The molecule has 0 unspecified atom stereocenters. The van der Waals surface area contributed by atoms with Gasteiger partial charge in [-0.3, -0.25) is 9.52 Å². The quantitative estimate of drug-likeness (QED) is 0.582. The van der Waals surface area contributed by atoms with Crippen molar-refractivity contribution in [2.45, 2.75) is 25.3 Å². The molecule has 0 aliphatic carbocycles. The van der Waals surface area contributed by atoms with Gasteiger partial charge >= 0.3 is 0 Å². The Morgan fingerprint density at radius 3 is 2.23 bits per heavy atom. The van der Waals surface area contributed by atoms with Crippen LogP contribution in [0.25, 0.3) is 0 Å². The molecule has 7 heteroatoms. The number of amides is 1. The van der Waals surface area contributed by atoms with Crippen LogP contribution in [0.2, 0.25) is 5.02 Å². The molecule has 1 amide bonds. The number of nitrogens with one attached hydrogen (secondary N) is 1. The summed E-state index contributed by atoms with van der Waals surface area (Å²) >= 11 is 5.90. The van der Waals surface area contributed by atoms with E-state index in [0.717, 1.165) is 11.1 Å². The van der Waals surface area contributed by atoms with E-state index in [1.54, 1.807) is 50.4 Å². The van der Waals surface area contributed by atoms with Gasteiger partial charge in [0.1, 0.15) is 0 Å². The number of hydrogen-bond acceptors (Lipinski definition) is 3. The molecule has 0 bridgehead atoms. The van der Waals surface area contributed by atoms with Gasteiger partial charge in [-0.25, -0.2) is 8.42 Å². The Balaban J connectivity index is 1.83. The first-order chi connectivity index (χ1) is 14.2. The monoisotopic (exact) mass is 442 g/mol. The predicted molar refractivity (Wildman–Crippen MR) is 120 cm³/mol. The number of benzene rings is 3. The van der Waals surface area contributed by atoms with Crippen molar-refractivity contribution >= 4 is 33.2 Å². The van der Waals surface area contributed by atoms with Crippen LogP contribution < -0.4 is 4.72 Å². The zero-order valence-corrected chi connectivity index (χ0v) is 18.6. The molecule has 0 aliphatic rings. The first kappa shape index (κ1) is 21.9. The van der Waals surface area contributed by atoms with Gasteiger partial charge in [0.05, 0.1) is 4.90 Å². The van der Waals surface area contributed by atoms with E-state index in [9.17, 15) is 13.2 Å². The van der Waals surface area contributed by atoms with Crippen molar-refractivity contribution in [2.24, 2.45) is 0 Å². The molecular formula is C23H23ClN2O3S. The Bertz CT molecular complexity index is 1160. The van der Waals surface area contributed by atoms with Gasteiger partial charge in [-0.15, -0.1) is 0 Å². The molecule has 3 aromatic carbocycles. The summed E-state index contributed by atoms with van der Waals surface area (Å²) in [7, 11) is -2.16. The number of aryl methyl sites for hydroxylation is 2. The summed E-state index contributed by atoms with van der Waals surface area (Å²) in [5.41, 5.74) is 3.30. The van der Waals surface area contributed by atoms with Crippen molar-refractivity contribution in [1.82, 2.24) is 4.90 Å². The highest BCUT2D eigenvalue weighted by atomic mass is 35.5. The van der Waals surface area contributed by atoms with Crippen molar-refractivity contribution in [2.75, 3.05) is 11.8 Å². The van der Waals surface area contributed by atoms with Crippen LogP contribution >= 0.6 is 11.6 Å². The number of nitrogens with zero attached hydrogens (tertiary/aromatic N) is 1. The first-order valence-corrected chi connectivity index (χ1v) is 11.2.